The maximum absolute atomic E-state index is 4.19. The highest BCUT2D eigenvalue weighted by Gasteiger charge is 2.20. The van der Waals surface area contributed by atoms with Crippen molar-refractivity contribution in [3.05, 3.63) is 41.2 Å². The first-order chi connectivity index (χ1) is 8.72. The molecular formula is C14H18N4. The lowest BCUT2D eigenvalue weighted by atomic mass is 10.1. The van der Waals surface area contributed by atoms with Crippen molar-refractivity contribution in [2.24, 2.45) is 0 Å². The Balaban J connectivity index is 1.87. The van der Waals surface area contributed by atoms with Gasteiger partial charge in [0.2, 0.25) is 0 Å². The minimum absolute atomic E-state index is 0.701. The lowest BCUT2D eigenvalue weighted by Gasteiger charge is -2.08. The van der Waals surface area contributed by atoms with E-state index in [1.807, 2.05) is 10.9 Å². The van der Waals surface area contributed by atoms with E-state index >= 15 is 0 Å². The number of hydrogen-bond donors (Lipinski definition) is 1. The zero-order chi connectivity index (χ0) is 12.5. The lowest BCUT2D eigenvalue weighted by Crippen LogP contribution is -2.18. The van der Waals surface area contributed by atoms with Crippen LogP contribution in [0.5, 0.6) is 0 Å². The van der Waals surface area contributed by atoms with E-state index < -0.39 is 0 Å². The Bertz CT molecular complexity index is 534. The smallest absolute Gasteiger partial charge is 0.0783 e. The molecule has 1 N–H and O–H groups in total. The topological polar surface area (TPSA) is 42.7 Å². The van der Waals surface area contributed by atoms with E-state index in [9.17, 15) is 0 Å². The third-order valence-electron chi connectivity index (χ3n) is 3.22. The van der Waals surface area contributed by atoms with Gasteiger partial charge in [-0.2, -0.15) is 0 Å². The van der Waals surface area contributed by atoms with Crippen LogP contribution in [0.3, 0.4) is 0 Å². The Morgan fingerprint density at radius 3 is 2.61 bits per heavy atom. The summed E-state index contributed by atoms with van der Waals surface area (Å²) in [6.07, 6.45) is 4.43. The summed E-state index contributed by atoms with van der Waals surface area (Å²) >= 11 is 0. The molecule has 1 fully saturated rings. The van der Waals surface area contributed by atoms with Gasteiger partial charge < -0.3 is 5.32 Å². The Labute approximate surface area is 107 Å². The first-order valence-electron chi connectivity index (χ1n) is 6.44. The molecule has 0 saturated heterocycles. The van der Waals surface area contributed by atoms with Crippen LogP contribution in [0.2, 0.25) is 0 Å². The van der Waals surface area contributed by atoms with Crippen LogP contribution in [0.1, 0.15) is 29.7 Å². The summed E-state index contributed by atoms with van der Waals surface area (Å²) in [5.74, 6) is 0. The third kappa shape index (κ3) is 2.43. The first kappa shape index (κ1) is 11.4. The van der Waals surface area contributed by atoms with E-state index in [-0.39, 0.29) is 0 Å². The van der Waals surface area contributed by atoms with E-state index in [0.717, 1.165) is 17.9 Å². The molecule has 4 nitrogen and oxygen atoms in total. The van der Waals surface area contributed by atoms with Crippen molar-refractivity contribution in [2.45, 2.75) is 39.3 Å². The zero-order valence-corrected chi connectivity index (χ0v) is 10.8. The average molecular weight is 242 g/mol. The van der Waals surface area contributed by atoms with Crippen LogP contribution in [0.25, 0.3) is 5.69 Å². The fraction of sp³-hybridized carbons (Fsp3) is 0.429. The van der Waals surface area contributed by atoms with Crippen molar-refractivity contribution in [2.75, 3.05) is 0 Å². The second kappa shape index (κ2) is 4.53. The second-order valence-corrected chi connectivity index (χ2v) is 5.14. The van der Waals surface area contributed by atoms with Gasteiger partial charge in [0.1, 0.15) is 0 Å². The second-order valence-electron chi connectivity index (χ2n) is 5.14. The van der Waals surface area contributed by atoms with Crippen LogP contribution in [0.4, 0.5) is 0 Å². The van der Waals surface area contributed by atoms with Crippen molar-refractivity contribution in [3.63, 3.8) is 0 Å². The number of nitrogens with zero attached hydrogens (tertiary/aromatic N) is 3. The number of aryl methyl sites for hydroxylation is 2. The predicted molar refractivity (Wildman–Crippen MR) is 70.7 cm³/mol. The van der Waals surface area contributed by atoms with Crippen LogP contribution in [0, 0.1) is 13.8 Å². The normalized spacial score (nSPS) is 15.0. The fourth-order valence-electron chi connectivity index (χ4n) is 2.20. The summed E-state index contributed by atoms with van der Waals surface area (Å²) in [6.45, 7) is 5.05. The van der Waals surface area contributed by atoms with Crippen molar-refractivity contribution in [1.82, 2.24) is 20.3 Å². The van der Waals surface area contributed by atoms with Crippen LogP contribution in [0.15, 0.2) is 24.4 Å². The van der Waals surface area contributed by atoms with Gasteiger partial charge >= 0.3 is 0 Å². The molecule has 0 atom stereocenters. The summed E-state index contributed by atoms with van der Waals surface area (Å²) in [4.78, 5) is 0. The zero-order valence-electron chi connectivity index (χ0n) is 10.8. The molecule has 4 heteroatoms. The molecule has 18 heavy (non-hydrogen) atoms. The molecule has 0 unspecified atom stereocenters. The molecule has 0 spiro atoms. The van der Waals surface area contributed by atoms with Crippen LogP contribution < -0.4 is 5.32 Å². The number of hydrogen-bond acceptors (Lipinski definition) is 3. The average Bonchev–Trinajstić information content (AvgIpc) is 3.02. The molecule has 1 aromatic heterocycles. The van der Waals surface area contributed by atoms with E-state index in [1.54, 1.807) is 0 Å². The molecule has 0 radical (unpaired) electrons. The standard InChI is InChI=1S/C14H18N4/c1-10-5-11(2)7-13(6-10)18-14(9-16-17-18)8-15-12-3-4-12/h5-7,9,12,15H,3-4,8H2,1-2H3. The van der Waals surface area contributed by atoms with E-state index in [1.165, 1.54) is 24.0 Å². The number of aromatic nitrogens is 3. The van der Waals surface area contributed by atoms with Gasteiger partial charge in [-0.3, -0.25) is 0 Å². The van der Waals surface area contributed by atoms with Crippen LogP contribution in [-0.4, -0.2) is 21.0 Å². The number of rotatable bonds is 4. The number of nitrogens with one attached hydrogen (secondary N) is 1. The van der Waals surface area contributed by atoms with E-state index in [2.05, 4.69) is 47.7 Å². The summed E-state index contributed by atoms with van der Waals surface area (Å²) in [6, 6.07) is 7.15. The molecule has 0 amide bonds. The molecule has 1 saturated carbocycles. The van der Waals surface area contributed by atoms with Crippen molar-refractivity contribution < 1.29 is 0 Å². The maximum atomic E-state index is 4.19. The highest BCUT2D eigenvalue weighted by Crippen LogP contribution is 2.20. The minimum atomic E-state index is 0.701. The summed E-state index contributed by atoms with van der Waals surface area (Å²) in [7, 11) is 0. The van der Waals surface area contributed by atoms with E-state index in [0.29, 0.717) is 6.04 Å². The number of benzene rings is 1. The molecule has 1 aliphatic rings. The van der Waals surface area contributed by atoms with Gasteiger partial charge in [-0.15, -0.1) is 5.10 Å². The molecule has 1 aliphatic carbocycles. The SMILES string of the molecule is Cc1cc(C)cc(-n2nncc2CNC2CC2)c1. The minimum Gasteiger partial charge on any atom is -0.308 e. The molecule has 2 aromatic rings. The Hall–Kier alpha value is -1.68. The van der Waals surface area contributed by atoms with Gasteiger partial charge in [-0.1, -0.05) is 11.3 Å². The monoisotopic (exact) mass is 242 g/mol. The highest BCUT2D eigenvalue weighted by molar-refractivity contribution is 5.39. The van der Waals surface area contributed by atoms with Gasteiger partial charge in [-0.05, 0) is 49.9 Å². The van der Waals surface area contributed by atoms with Gasteiger partial charge in [-0.25, -0.2) is 4.68 Å². The van der Waals surface area contributed by atoms with Crippen molar-refractivity contribution in [1.29, 1.82) is 0 Å². The van der Waals surface area contributed by atoms with Gasteiger partial charge in [0.05, 0.1) is 17.6 Å². The van der Waals surface area contributed by atoms with Crippen molar-refractivity contribution in [3.8, 4) is 5.69 Å². The molecule has 0 bridgehead atoms. The Kier molecular flexibility index (Phi) is 2.88. The Morgan fingerprint density at radius 1 is 1.22 bits per heavy atom. The lowest BCUT2D eigenvalue weighted by molar-refractivity contribution is 0.646. The molecule has 94 valence electrons. The van der Waals surface area contributed by atoms with Crippen LogP contribution >= 0.6 is 0 Å². The summed E-state index contributed by atoms with van der Waals surface area (Å²) in [5, 5.41) is 11.7. The summed E-state index contributed by atoms with van der Waals surface area (Å²) in [5.41, 5.74) is 4.72. The van der Waals surface area contributed by atoms with Crippen LogP contribution in [-0.2, 0) is 6.54 Å². The fourth-order valence-corrected chi connectivity index (χ4v) is 2.20. The Morgan fingerprint density at radius 2 is 1.94 bits per heavy atom. The largest absolute Gasteiger partial charge is 0.308 e. The molecular weight excluding hydrogens is 224 g/mol. The quantitative estimate of drug-likeness (QED) is 0.893. The van der Waals surface area contributed by atoms with Gasteiger partial charge in [0.25, 0.3) is 0 Å². The first-order valence-corrected chi connectivity index (χ1v) is 6.44. The molecule has 1 aromatic carbocycles. The maximum Gasteiger partial charge on any atom is 0.0783 e. The third-order valence-corrected chi connectivity index (χ3v) is 3.22. The highest BCUT2D eigenvalue weighted by atomic mass is 15.4. The van der Waals surface area contributed by atoms with Crippen molar-refractivity contribution >= 4 is 0 Å². The predicted octanol–water partition coefficient (Wildman–Crippen LogP) is 2.14. The molecule has 0 aliphatic heterocycles. The molecule has 1 heterocycles. The van der Waals surface area contributed by atoms with E-state index in [4.69, 9.17) is 0 Å². The molecule has 3 rings (SSSR count). The van der Waals surface area contributed by atoms with Gasteiger partial charge in [0, 0.05) is 12.6 Å². The summed E-state index contributed by atoms with van der Waals surface area (Å²) < 4.78 is 1.93. The van der Waals surface area contributed by atoms with Gasteiger partial charge in [0.15, 0.2) is 0 Å².